The van der Waals surface area contributed by atoms with Gasteiger partial charge in [-0.25, -0.2) is 9.97 Å². The van der Waals surface area contributed by atoms with E-state index < -0.39 is 30.2 Å². The molecule has 3 nitrogen and oxygen atoms in total. The number of aromatic nitrogens is 2. The fourth-order valence-corrected chi connectivity index (χ4v) is 6.73. The van der Waals surface area contributed by atoms with Crippen molar-refractivity contribution in [1.29, 1.82) is 0 Å². The molecule has 0 aliphatic carbocycles. The number of rotatable bonds is 5. The summed E-state index contributed by atoms with van der Waals surface area (Å²) in [5.41, 5.74) is 5.37. The number of furan rings is 1. The van der Waals surface area contributed by atoms with Crippen LogP contribution in [0.1, 0.15) is 11.0 Å². The summed E-state index contributed by atoms with van der Waals surface area (Å²) in [5.74, 6) is 0.369. The third kappa shape index (κ3) is 5.06. The molecule has 0 aliphatic rings. The Morgan fingerprint density at radius 3 is 1.90 bits per heavy atom. The third-order valence-electron chi connectivity index (χ3n) is 9.27. The Morgan fingerprint density at radius 2 is 1.08 bits per heavy atom. The van der Waals surface area contributed by atoms with Gasteiger partial charge in [-0.3, -0.25) is 0 Å². The van der Waals surface area contributed by atoms with E-state index in [0.29, 0.717) is 17.1 Å². The Hall–Kier alpha value is -6.84. The molecule has 0 aliphatic heterocycles. The van der Waals surface area contributed by atoms with Crippen LogP contribution < -0.4 is 0 Å². The van der Waals surface area contributed by atoms with Gasteiger partial charge >= 0.3 is 0 Å². The first-order valence-corrected chi connectivity index (χ1v) is 16.6. The van der Waals surface area contributed by atoms with E-state index in [0.717, 1.165) is 33.0 Å². The van der Waals surface area contributed by atoms with E-state index in [9.17, 15) is 4.11 Å². The van der Waals surface area contributed by atoms with Crippen molar-refractivity contribution in [3.05, 3.63) is 182 Å². The van der Waals surface area contributed by atoms with Crippen molar-refractivity contribution in [1.82, 2.24) is 9.97 Å². The number of fused-ring (bicyclic) bond motifs is 6. The molecule has 0 saturated heterocycles. The van der Waals surface area contributed by atoms with Gasteiger partial charge in [-0.1, -0.05) is 158 Å². The summed E-state index contributed by atoms with van der Waals surface area (Å²) >= 11 is 0. The largest absolute Gasteiger partial charge is 0.455 e. The average molecular weight is 659 g/mol. The molecule has 0 radical (unpaired) electrons. The quantitative estimate of drug-likeness (QED) is 0.185. The van der Waals surface area contributed by atoms with Crippen molar-refractivity contribution < 1.29 is 15.4 Å². The van der Waals surface area contributed by atoms with E-state index in [1.165, 1.54) is 0 Å². The molecule has 2 heterocycles. The Labute approximate surface area is 306 Å². The highest BCUT2D eigenvalue weighted by molar-refractivity contribution is 6.21. The van der Waals surface area contributed by atoms with Gasteiger partial charge in [0.25, 0.3) is 0 Å². The molecule has 3 heteroatoms. The van der Waals surface area contributed by atoms with Gasteiger partial charge in [0.05, 0.1) is 22.4 Å². The van der Waals surface area contributed by atoms with Crippen molar-refractivity contribution in [2.75, 3.05) is 0 Å². The summed E-state index contributed by atoms with van der Waals surface area (Å²) in [6.45, 7) is 0. The van der Waals surface area contributed by atoms with Crippen molar-refractivity contribution in [3.8, 4) is 56.2 Å². The molecule has 0 spiro atoms. The maximum absolute atomic E-state index is 9.73. The van der Waals surface area contributed by atoms with Crippen LogP contribution in [0.15, 0.2) is 186 Å². The Bertz CT molecular complexity index is 3290. The van der Waals surface area contributed by atoms with Gasteiger partial charge in [-0.2, -0.15) is 0 Å². The molecule has 238 valence electrons. The lowest BCUT2D eigenvalue weighted by molar-refractivity contribution is 0.674. The molecule has 0 N–H and O–H groups in total. The molecule has 10 aromatic rings. The zero-order valence-electron chi connectivity index (χ0n) is 35.0. The Kier molecular flexibility index (Phi) is 5.15. The van der Waals surface area contributed by atoms with Crippen LogP contribution in [0.2, 0.25) is 0 Å². The molecule has 8 aromatic carbocycles. The lowest BCUT2D eigenvalue weighted by Gasteiger charge is -2.12. The first-order valence-electron chi connectivity index (χ1n) is 20.6. The fourth-order valence-electron chi connectivity index (χ4n) is 6.73. The topological polar surface area (TPSA) is 38.9 Å². The highest BCUT2D eigenvalue weighted by Gasteiger charge is 2.21. The number of benzene rings is 8. The molecular formula is C48H30N2O. The second kappa shape index (κ2) is 11.9. The maximum Gasteiger partial charge on any atom is 0.160 e. The molecule has 0 unspecified atom stereocenters. The van der Waals surface area contributed by atoms with Gasteiger partial charge in [-0.15, -0.1) is 0 Å². The van der Waals surface area contributed by atoms with Crippen LogP contribution in [0.3, 0.4) is 0 Å². The van der Waals surface area contributed by atoms with E-state index in [4.69, 9.17) is 21.2 Å². The summed E-state index contributed by atoms with van der Waals surface area (Å²) in [5, 5.41) is 2.34. The molecule has 2 aromatic heterocycles. The monoisotopic (exact) mass is 658 g/mol. The van der Waals surface area contributed by atoms with Crippen molar-refractivity contribution >= 4 is 43.5 Å². The van der Waals surface area contributed by atoms with Crippen molar-refractivity contribution in [2.24, 2.45) is 0 Å². The minimum atomic E-state index is -0.525. The summed E-state index contributed by atoms with van der Waals surface area (Å²) in [6, 6.07) is 39.6. The lowest BCUT2D eigenvalue weighted by Crippen LogP contribution is -1.96. The SMILES string of the molecule is [2H]c1c([2H])c(-c2cc(-c3ccccc3)nc(-c3ccccc3)n2)c2c(oc3c4c([2H])c([2H])c([2H])c([2H])c4c([2H])c([2H])c32)c1-c1ccc(-c2ccc3ccccc3c2)cc1. The minimum absolute atomic E-state index is 0.0381. The normalized spacial score (nSPS) is 13.7. The van der Waals surface area contributed by atoms with Crippen LogP contribution >= 0.6 is 0 Å². The summed E-state index contributed by atoms with van der Waals surface area (Å²) in [6.07, 6.45) is 0. The van der Waals surface area contributed by atoms with E-state index >= 15 is 0 Å². The minimum Gasteiger partial charge on any atom is -0.455 e. The van der Waals surface area contributed by atoms with Crippen LogP contribution in [0.4, 0.5) is 0 Å². The number of nitrogens with zero attached hydrogens (tertiary/aromatic N) is 2. The molecule has 51 heavy (non-hydrogen) atoms. The molecule has 10 rings (SSSR count). The smallest absolute Gasteiger partial charge is 0.160 e. The lowest BCUT2D eigenvalue weighted by atomic mass is 9.94. The first kappa shape index (κ1) is 22.0. The Morgan fingerprint density at radius 1 is 0.412 bits per heavy atom. The van der Waals surface area contributed by atoms with Gasteiger partial charge in [0.15, 0.2) is 5.82 Å². The van der Waals surface area contributed by atoms with Crippen LogP contribution in [0.5, 0.6) is 0 Å². The van der Waals surface area contributed by atoms with Crippen LogP contribution in [-0.4, -0.2) is 9.97 Å². The van der Waals surface area contributed by atoms with E-state index in [-0.39, 0.29) is 67.7 Å². The predicted molar refractivity (Wildman–Crippen MR) is 212 cm³/mol. The molecular weight excluding hydrogens is 621 g/mol. The number of hydrogen-bond acceptors (Lipinski definition) is 3. The van der Waals surface area contributed by atoms with Crippen LogP contribution in [0.25, 0.3) is 99.6 Å². The van der Waals surface area contributed by atoms with E-state index in [1.807, 2.05) is 97.1 Å². The Balaban J connectivity index is 1.31. The predicted octanol–water partition coefficient (Wildman–Crippen LogP) is 13.0. The van der Waals surface area contributed by atoms with Gasteiger partial charge in [0.2, 0.25) is 0 Å². The highest BCUT2D eigenvalue weighted by Crippen LogP contribution is 2.44. The van der Waals surface area contributed by atoms with Crippen molar-refractivity contribution in [3.63, 3.8) is 0 Å². The zero-order valence-corrected chi connectivity index (χ0v) is 27.0. The van der Waals surface area contributed by atoms with Crippen LogP contribution in [-0.2, 0) is 0 Å². The van der Waals surface area contributed by atoms with E-state index in [2.05, 4.69) is 30.3 Å². The third-order valence-corrected chi connectivity index (χ3v) is 9.27. The van der Waals surface area contributed by atoms with Gasteiger partial charge in [0.1, 0.15) is 11.2 Å². The number of hydrogen-bond donors (Lipinski definition) is 0. The molecule has 0 fully saturated rings. The first-order chi connectivity index (χ1) is 28.6. The second-order valence-electron chi connectivity index (χ2n) is 12.3. The second-order valence-corrected chi connectivity index (χ2v) is 12.3. The standard InChI is InChI=1S/C48H30N2O/c1-3-13-35(14-4-1)43-30-44(50-48(49-43)36-15-5-2-6-16-36)41-28-27-40(47-45(41)42-26-25-33-12-9-10-18-39(33)46(42)51-47)34-22-19-32(20-23-34)38-24-21-31-11-7-8-17-37(31)29-38/h1-30H/i9D,10D,12D,18D,25D,26D,27D,28D. The molecule has 0 amide bonds. The summed E-state index contributed by atoms with van der Waals surface area (Å²) in [4.78, 5) is 9.91. The maximum atomic E-state index is 9.73. The van der Waals surface area contributed by atoms with Gasteiger partial charge < -0.3 is 4.42 Å². The van der Waals surface area contributed by atoms with Gasteiger partial charge in [-0.05, 0) is 57.1 Å². The summed E-state index contributed by atoms with van der Waals surface area (Å²) in [7, 11) is 0. The fraction of sp³-hybridized carbons (Fsp3) is 0. The summed E-state index contributed by atoms with van der Waals surface area (Å²) < 4.78 is 79.2. The molecule has 0 saturated carbocycles. The molecule has 0 atom stereocenters. The van der Waals surface area contributed by atoms with Gasteiger partial charge in [0, 0.05) is 38.4 Å². The van der Waals surface area contributed by atoms with E-state index in [1.54, 1.807) is 6.07 Å². The van der Waals surface area contributed by atoms with Crippen molar-refractivity contribution in [2.45, 2.75) is 0 Å². The highest BCUT2D eigenvalue weighted by atomic mass is 16.3. The molecule has 0 bridgehead atoms. The zero-order chi connectivity index (χ0) is 40.7. The van der Waals surface area contributed by atoms with Crippen LogP contribution in [0, 0.1) is 0 Å². The average Bonchev–Trinajstić information content (AvgIpc) is 3.66.